The number of thioether (sulfide) groups is 1. The molecule has 90 valence electrons. The Balaban J connectivity index is 2.19. The van der Waals surface area contributed by atoms with E-state index < -0.39 is 0 Å². The number of rotatable bonds is 4. The fraction of sp³-hybridized carbons (Fsp3) is 0.133. The van der Waals surface area contributed by atoms with Gasteiger partial charge in [-0.2, -0.15) is 5.26 Å². The first-order chi connectivity index (χ1) is 8.83. The molecule has 0 fully saturated rings. The standard InChI is InChI=1S/C15H14N2S/c1-18-14-9-5-8-13(10-14)17-15(11-16)12-6-3-2-4-7-12/h2-10,15,17H,1H3/t15-/m0/s1. The number of nitrogens with one attached hydrogen (secondary N) is 1. The van der Waals surface area contributed by atoms with Crippen LogP contribution in [0, 0.1) is 11.3 Å². The second-order valence-corrected chi connectivity index (χ2v) is 4.73. The zero-order valence-corrected chi connectivity index (χ0v) is 10.9. The van der Waals surface area contributed by atoms with Gasteiger partial charge in [0.15, 0.2) is 0 Å². The van der Waals surface area contributed by atoms with Gasteiger partial charge in [-0.25, -0.2) is 0 Å². The van der Waals surface area contributed by atoms with Crippen molar-refractivity contribution in [2.24, 2.45) is 0 Å². The quantitative estimate of drug-likeness (QED) is 0.835. The van der Waals surface area contributed by atoms with Gasteiger partial charge in [0.25, 0.3) is 0 Å². The molecule has 0 bridgehead atoms. The van der Waals surface area contributed by atoms with Gasteiger partial charge in [-0.3, -0.25) is 0 Å². The fourth-order valence-electron chi connectivity index (χ4n) is 1.72. The lowest BCUT2D eigenvalue weighted by atomic mass is 10.1. The number of anilines is 1. The summed E-state index contributed by atoms with van der Waals surface area (Å²) in [5.74, 6) is 0. The summed E-state index contributed by atoms with van der Waals surface area (Å²) in [7, 11) is 0. The molecular weight excluding hydrogens is 240 g/mol. The van der Waals surface area contributed by atoms with Crippen molar-refractivity contribution in [2.45, 2.75) is 10.9 Å². The van der Waals surface area contributed by atoms with Crippen molar-refractivity contribution < 1.29 is 0 Å². The van der Waals surface area contributed by atoms with Crippen LogP contribution in [0.4, 0.5) is 5.69 Å². The Bertz CT molecular complexity index is 546. The predicted molar refractivity (Wildman–Crippen MR) is 76.6 cm³/mol. The lowest BCUT2D eigenvalue weighted by Gasteiger charge is -2.13. The SMILES string of the molecule is CSc1cccc(N[C@@H](C#N)c2ccccc2)c1. The van der Waals surface area contributed by atoms with Crippen molar-refractivity contribution in [2.75, 3.05) is 11.6 Å². The molecule has 1 N–H and O–H groups in total. The van der Waals surface area contributed by atoms with E-state index in [1.165, 1.54) is 4.90 Å². The molecular formula is C15H14N2S. The third-order valence-corrected chi connectivity index (χ3v) is 3.37. The first-order valence-corrected chi connectivity index (χ1v) is 6.91. The molecule has 2 aromatic carbocycles. The Morgan fingerprint density at radius 3 is 2.56 bits per heavy atom. The van der Waals surface area contributed by atoms with E-state index in [0.29, 0.717) is 0 Å². The van der Waals surface area contributed by atoms with E-state index in [4.69, 9.17) is 0 Å². The van der Waals surface area contributed by atoms with E-state index in [1.807, 2.05) is 48.7 Å². The van der Waals surface area contributed by atoms with Crippen LogP contribution in [0.1, 0.15) is 11.6 Å². The van der Waals surface area contributed by atoms with Gasteiger partial charge in [0, 0.05) is 10.6 Å². The smallest absolute Gasteiger partial charge is 0.140 e. The van der Waals surface area contributed by atoms with Crippen LogP contribution < -0.4 is 5.32 Å². The number of nitrogens with zero attached hydrogens (tertiary/aromatic N) is 1. The monoisotopic (exact) mass is 254 g/mol. The average Bonchev–Trinajstić information content (AvgIpc) is 2.46. The lowest BCUT2D eigenvalue weighted by Crippen LogP contribution is -2.08. The Kier molecular flexibility index (Phi) is 4.27. The molecule has 0 aromatic heterocycles. The third-order valence-electron chi connectivity index (χ3n) is 2.64. The number of nitriles is 1. The minimum Gasteiger partial charge on any atom is -0.366 e. The average molecular weight is 254 g/mol. The molecule has 18 heavy (non-hydrogen) atoms. The molecule has 0 amide bonds. The summed E-state index contributed by atoms with van der Waals surface area (Å²) in [6.45, 7) is 0. The van der Waals surface area contributed by atoms with Crippen molar-refractivity contribution in [1.82, 2.24) is 0 Å². The summed E-state index contributed by atoms with van der Waals surface area (Å²) >= 11 is 1.69. The number of hydrogen-bond acceptors (Lipinski definition) is 3. The van der Waals surface area contributed by atoms with Crippen LogP contribution in [0.5, 0.6) is 0 Å². The lowest BCUT2D eigenvalue weighted by molar-refractivity contribution is 0.996. The molecule has 0 aliphatic heterocycles. The van der Waals surface area contributed by atoms with Gasteiger partial charge in [-0.05, 0) is 30.0 Å². The zero-order valence-electron chi connectivity index (χ0n) is 10.1. The maximum Gasteiger partial charge on any atom is 0.140 e. The minimum atomic E-state index is -0.316. The van der Waals surface area contributed by atoms with Crippen LogP contribution in [0.25, 0.3) is 0 Å². The summed E-state index contributed by atoms with van der Waals surface area (Å²) in [5.41, 5.74) is 1.95. The van der Waals surface area contributed by atoms with Crippen LogP contribution in [-0.2, 0) is 0 Å². The van der Waals surface area contributed by atoms with Crippen molar-refractivity contribution >= 4 is 17.4 Å². The summed E-state index contributed by atoms with van der Waals surface area (Å²) < 4.78 is 0. The van der Waals surface area contributed by atoms with Crippen LogP contribution >= 0.6 is 11.8 Å². The van der Waals surface area contributed by atoms with Crippen LogP contribution in [0.15, 0.2) is 59.5 Å². The molecule has 0 aliphatic rings. The largest absolute Gasteiger partial charge is 0.366 e. The van der Waals surface area contributed by atoms with Crippen molar-refractivity contribution in [3.63, 3.8) is 0 Å². The van der Waals surface area contributed by atoms with Gasteiger partial charge in [-0.1, -0.05) is 36.4 Å². The van der Waals surface area contributed by atoms with E-state index in [9.17, 15) is 5.26 Å². The second kappa shape index (κ2) is 6.13. The van der Waals surface area contributed by atoms with Gasteiger partial charge < -0.3 is 5.32 Å². The molecule has 0 heterocycles. The summed E-state index contributed by atoms with van der Waals surface area (Å²) in [6.07, 6.45) is 2.04. The van der Waals surface area contributed by atoms with Gasteiger partial charge in [-0.15, -0.1) is 11.8 Å². The van der Waals surface area contributed by atoms with Crippen molar-refractivity contribution in [1.29, 1.82) is 5.26 Å². The second-order valence-electron chi connectivity index (χ2n) is 3.85. The Labute approximate surface area is 112 Å². The molecule has 0 saturated heterocycles. The van der Waals surface area contributed by atoms with Gasteiger partial charge >= 0.3 is 0 Å². The number of benzene rings is 2. The van der Waals surface area contributed by atoms with Crippen molar-refractivity contribution in [3.05, 3.63) is 60.2 Å². The first-order valence-electron chi connectivity index (χ1n) is 5.68. The van der Waals surface area contributed by atoms with Gasteiger partial charge in [0.05, 0.1) is 6.07 Å². The molecule has 0 spiro atoms. The molecule has 1 atom stereocenters. The van der Waals surface area contributed by atoms with E-state index >= 15 is 0 Å². The highest BCUT2D eigenvalue weighted by molar-refractivity contribution is 7.98. The van der Waals surface area contributed by atoms with E-state index in [2.05, 4.69) is 23.5 Å². The zero-order chi connectivity index (χ0) is 12.8. The van der Waals surface area contributed by atoms with Crippen molar-refractivity contribution in [3.8, 4) is 6.07 Å². The molecule has 2 rings (SSSR count). The summed E-state index contributed by atoms with van der Waals surface area (Å²) in [6, 6.07) is 19.8. The molecule has 3 heteroatoms. The highest BCUT2D eigenvalue weighted by atomic mass is 32.2. The Morgan fingerprint density at radius 1 is 1.11 bits per heavy atom. The molecule has 2 nitrogen and oxygen atoms in total. The van der Waals surface area contributed by atoms with E-state index in [-0.39, 0.29) is 6.04 Å². The highest BCUT2D eigenvalue weighted by Gasteiger charge is 2.09. The highest BCUT2D eigenvalue weighted by Crippen LogP contribution is 2.23. The fourth-order valence-corrected chi connectivity index (χ4v) is 2.17. The maximum atomic E-state index is 9.25. The summed E-state index contributed by atoms with van der Waals surface area (Å²) in [5, 5.41) is 12.5. The van der Waals surface area contributed by atoms with E-state index in [1.54, 1.807) is 11.8 Å². The molecule has 0 aliphatic carbocycles. The third kappa shape index (κ3) is 3.06. The van der Waals surface area contributed by atoms with Crippen LogP contribution in [0.2, 0.25) is 0 Å². The number of hydrogen-bond donors (Lipinski definition) is 1. The van der Waals surface area contributed by atoms with Gasteiger partial charge in [0.2, 0.25) is 0 Å². The first kappa shape index (κ1) is 12.5. The van der Waals surface area contributed by atoms with Crippen LogP contribution in [0.3, 0.4) is 0 Å². The normalized spacial score (nSPS) is 11.6. The molecule has 0 unspecified atom stereocenters. The predicted octanol–water partition coefficient (Wildman–Crippen LogP) is 4.09. The Hall–Kier alpha value is -1.92. The van der Waals surface area contributed by atoms with Crippen LogP contribution in [-0.4, -0.2) is 6.26 Å². The minimum absolute atomic E-state index is 0.316. The molecule has 0 radical (unpaired) electrons. The van der Waals surface area contributed by atoms with E-state index in [0.717, 1.165) is 11.3 Å². The summed E-state index contributed by atoms with van der Waals surface area (Å²) in [4.78, 5) is 1.18. The maximum absolute atomic E-state index is 9.25. The molecule has 0 saturated carbocycles. The topological polar surface area (TPSA) is 35.8 Å². The molecule has 2 aromatic rings. The van der Waals surface area contributed by atoms with Gasteiger partial charge in [0.1, 0.15) is 6.04 Å². The Morgan fingerprint density at radius 2 is 1.89 bits per heavy atom.